The van der Waals surface area contributed by atoms with Gasteiger partial charge in [0.2, 0.25) is 0 Å². The Morgan fingerprint density at radius 3 is 2.68 bits per heavy atom. The highest BCUT2D eigenvalue weighted by molar-refractivity contribution is 14.1. The van der Waals surface area contributed by atoms with Crippen molar-refractivity contribution in [2.24, 2.45) is 0 Å². The van der Waals surface area contributed by atoms with E-state index in [1.54, 1.807) is 43.3 Å². The average Bonchev–Trinajstić information content (AvgIpc) is 3.06. The van der Waals surface area contributed by atoms with E-state index in [2.05, 4.69) is 22.6 Å². The Morgan fingerprint density at radius 1 is 1.26 bits per heavy atom. The van der Waals surface area contributed by atoms with Crippen LogP contribution in [0.4, 0.5) is 9.18 Å². The van der Waals surface area contributed by atoms with Gasteiger partial charge in [0.05, 0.1) is 21.7 Å². The fraction of sp³-hybridized carbons (Fsp3) is 0.292. The number of halogens is 2. The van der Waals surface area contributed by atoms with E-state index in [9.17, 15) is 18.8 Å². The summed E-state index contributed by atoms with van der Waals surface area (Å²) in [6, 6.07) is 9.74. The molecule has 0 unspecified atom stereocenters. The van der Waals surface area contributed by atoms with Gasteiger partial charge in [-0.25, -0.2) is 4.39 Å². The molecular formula is C24H23FINO6S. The monoisotopic (exact) mass is 599 g/mol. The molecule has 7 nitrogen and oxygen atoms in total. The molecule has 0 aliphatic carbocycles. The van der Waals surface area contributed by atoms with Crippen molar-refractivity contribution in [1.29, 1.82) is 0 Å². The zero-order chi connectivity index (χ0) is 24.8. The van der Waals surface area contributed by atoms with E-state index in [0.717, 1.165) is 16.7 Å². The van der Waals surface area contributed by atoms with E-state index < -0.39 is 23.7 Å². The Bertz CT molecular complexity index is 1140. The largest absolute Gasteiger partial charge is 0.493 e. The van der Waals surface area contributed by atoms with Gasteiger partial charge in [-0.3, -0.25) is 19.3 Å². The highest BCUT2D eigenvalue weighted by Gasteiger charge is 2.37. The van der Waals surface area contributed by atoms with Crippen molar-refractivity contribution < 1.29 is 33.0 Å². The summed E-state index contributed by atoms with van der Waals surface area (Å²) < 4.78 is 31.0. The molecule has 1 atom stereocenters. The summed E-state index contributed by atoms with van der Waals surface area (Å²) in [4.78, 5) is 38.1. The SMILES string of the molecule is CC[C@@H](C)OC(=O)CN1C(=O)S/C(=C/c2cc(I)c(OCc3ccccc3F)c(OC)c2)C1=O. The molecule has 10 heteroatoms. The second-order valence-electron chi connectivity index (χ2n) is 7.39. The van der Waals surface area contributed by atoms with Gasteiger partial charge in [0, 0.05) is 5.56 Å². The number of hydrogen-bond donors (Lipinski definition) is 0. The maximum Gasteiger partial charge on any atom is 0.326 e. The summed E-state index contributed by atoms with van der Waals surface area (Å²) in [6.45, 7) is 3.19. The lowest BCUT2D eigenvalue weighted by molar-refractivity contribution is -0.150. The highest BCUT2D eigenvalue weighted by Crippen LogP contribution is 2.37. The van der Waals surface area contributed by atoms with Crippen molar-refractivity contribution in [2.75, 3.05) is 13.7 Å². The zero-order valence-electron chi connectivity index (χ0n) is 18.8. The van der Waals surface area contributed by atoms with Crippen LogP contribution in [0, 0.1) is 9.39 Å². The molecule has 34 heavy (non-hydrogen) atoms. The van der Waals surface area contributed by atoms with Crippen LogP contribution in [0.1, 0.15) is 31.4 Å². The number of rotatable bonds is 9. The first kappa shape index (κ1) is 26.0. The van der Waals surface area contributed by atoms with Crippen LogP contribution in [0.3, 0.4) is 0 Å². The van der Waals surface area contributed by atoms with Crippen molar-refractivity contribution >= 4 is 57.5 Å². The van der Waals surface area contributed by atoms with Crippen molar-refractivity contribution in [3.8, 4) is 11.5 Å². The average molecular weight is 599 g/mol. The van der Waals surface area contributed by atoms with Gasteiger partial charge in [-0.2, -0.15) is 0 Å². The fourth-order valence-corrected chi connectivity index (χ4v) is 4.61. The first-order valence-electron chi connectivity index (χ1n) is 10.4. The molecule has 1 heterocycles. The van der Waals surface area contributed by atoms with Gasteiger partial charge < -0.3 is 14.2 Å². The van der Waals surface area contributed by atoms with Crippen molar-refractivity contribution in [2.45, 2.75) is 33.0 Å². The molecule has 0 N–H and O–H groups in total. The quantitative estimate of drug-likeness (QED) is 0.217. The second-order valence-corrected chi connectivity index (χ2v) is 9.55. The lowest BCUT2D eigenvalue weighted by Crippen LogP contribution is -2.35. The first-order chi connectivity index (χ1) is 16.2. The van der Waals surface area contributed by atoms with Gasteiger partial charge in [-0.05, 0) is 77.5 Å². The minimum atomic E-state index is -0.634. The summed E-state index contributed by atoms with van der Waals surface area (Å²) in [7, 11) is 1.47. The zero-order valence-corrected chi connectivity index (χ0v) is 21.8. The molecule has 2 amide bonds. The number of benzene rings is 2. The van der Waals surface area contributed by atoms with Crippen LogP contribution in [0.5, 0.6) is 11.5 Å². The molecule has 2 aromatic rings. The Hall–Kier alpha value is -2.60. The van der Waals surface area contributed by atoms with Gasteiger partial charge in [0.1, 0.15) is 19.0 Å². The molecule has 3 rings (SSSR count). The maximum atomic E-state index is 13.9. The summed E-state index contributed by atoms with van der Waals surface area (Å²) in [5.74, 6) is -0.734. The highest BCUT2D eigenvalue weighted by atomic mass is 127. The number of hydrogen-bond acceptors (Lipinski definition) is 7. The Kier molecular flexibility index (Phi) is 8.95. The third-order valence-electron chi connectivity index (χ3n) is 4.95. The summed E-state index contributed by atoms with van der Waals surface area (Å²) in [5.41, 5.74) is 1.01. The third-order valence-corrected chi connectivity index (χ3v) is 6.66. The number of nitrogens with zero attached hydrogens (tertiary/aromatic N) is 1. The van der Waals surface area contributed by atoms with E-state index in [0.29, 0.717) is 32.6 Å². The van der Waals surface area contributed by atoms with Crippen LogP contribution in [0.15, 0.2) is 41.3 Å². The van der Waals surface area contributed by atoms with Crippen LogP contribution in [0.2, 0.25) is 0 Å². The van der Waals surface area contributed by atoms with Gasteiger partial charge in [0.15, 0.2) is 11.5 Å². The smallest absolute Gasteiger partial charge is 0.326 e. The number of amides is 2. The lowest BCUT2D eigenvalue weighted by atomic mass is 10.1. The van der Waals surface area contributed by atoms with E-state index in [1.807, 2.05) is 6.92 Å². The van der Waals surface area contributed by atoms with Crippen molar-refractivity contribution in [1.82, 2.24) is 4.90 Å². The van der Waals surface area contributed by atoms with Crippen LogP contribution in [0.25, 0.3) is 6.08 Å². The van der Waals surface area contributed by atoms with Gasteiger partial charge in [0.25, 0.3) is 11.1 Å². The summed E-state index contributed by atoms with van der Waals surface area (Å²) >= 11 is 2.81. The van der Waals surface area contributed by atoms with E-state index >= 15 is 0 Å². The molecule has 0 radical (unpaired) electrons. The van der Waals surface area contributed by atoms with Gasteiger partial charge in [-0.1, -0.05) is 25.1 Å². The number of methoxy groups -OCH3 is 1. The molecule has 0 bridgehead atoms. The number of thioether (sulfide) groups is 1. The van der Waals surface area contributed by atoms with E-state index in [1.165, 1.54) is 13.2 Å². The van der Waals surface area contributed by atoms with Crippen LogP contribution in [-0.2, 0) is 20.9 Å². The van der Waals surface area contributed by atoms with Gasteiger partial charge in [-0.15, -0.1) is 0 Å². The predicted molar refractivity (Wildman–Crippen MR) is 135 cm³/mol. The van der Waals surface area contributed by atoms with Crippen molar-refractivity contribution in [3.05, 3.63) is 61.8 Å². The molecule has 180 valence electrons. The summed E-state index contributed by atoms with van der Waals surface area (Å²) in [5, 5.41) is -0.538. The lowest BCUT2D eigenvalue weighted by Gasteiger charge is -2.15. The van der Waals surface area contributed by atoms with E-state index in [4.69, 9.17) is 14.2 Å². The van der Waals surface area contributed by atoms with Crippen LogP contribution in [-0.4, -0.2) is 41.8 Å². The number of imide groups is 1. The third kappa shape index (κ3) is 6.29. The molecule has 0 saturated carbocycles. The van der Waals surface area contributed by atoms with E-state index in [-0.39, 0.29) is 23.4 Å². The van der Waals surface area contributed by atoms with Crippen LogP contribution >= 0.6 is 34.4 Å². The molecule has 1 saturated heterocycles. The normalized spacial score (nSPS) is 15.6. The standard InChI is InChI=1S/C24H23FINO6S/c1-4-14(2)33-21(28)12-27-23(29)20(34-24(27)30)11-15-9-18(26)22(19(10-15)31-3)32-13-16-7-5-6-8-17(16)25/h5-11,14H,4,12-13H2,1-3H3/b20-11+/t14-/m1/s1. The predicted octanol–water partition coefficient (Wildman–Crippen LogP) is 5.40. The Labute approximate surface area is 214 Å². The minimum absolute atomic E-state index is 0.0179. The number of esters is 1. The number of ether oxygens (including phenoxy) is 3. The number of carbonyl (C=O) groups is 3. The fourth-order valence-electron chi connectivity index (χ4n) is 2.99. The van der Waals surface area contributed by atoms with Crippen molar-refractivity contribution in [3.63, 3.8) is 0 Å². The maximum absolute atomic E-state index is 13.9. The molecule has 2 aromatic carbocycles. The molecule has 1 fully saturated rings. The molecular weight excluding hydrogens is 576 g/mol. The molecule has 0 spiro atoms. The second kappa shape index (κ2) is 11.7. The first-order valence-corrected chi connectivity index (χ1v) is 12.3. The van der Waals surface area contributed by atoms with Gasteiger partial charge >= 0.3 is 5.97 Å². The number of carbonyl (C=O) groups excluding carboxylic acids is 3. The molecule has 0 aromatic heterocycles. The molecule has 1 aliphatic heterocycles. The minimum Gasteiger partial charge on any atom is -0.493 e. The summed E-state index contributed by atoms with van der Waals surface area (Å²) in [6.07, 6.45) is 1.89. The molecule has 1 aliphatic rings. The topological polar surface area (TPSA) is 82.1 Å². The van der Waals surface area contributed by atoms with Crippen LogP contribution < -0.4 is 9.47 Å². The Morgan fingerprint density at radius 2 is 2.00 bits per heavy atom. The Balaban J connectivity index is 1.77.